The van der Waals surface area contributed by atoms with Crippen LogP contribution in [0.25, 0.3) is 0 Å². The van der Waals surface area contributed by atoms with Crippen molar-refractivity contribution in [2.45, 2.75) is 65.0 Å². The summed E-state index contributed by atoms with van der Waals surface area (Å²) in [4.78, 5) is 0. The fraction of sp³-hybridized carbons (Fsp3) is 1.00. The van der Waals surface area contributed by atoms with Crippen LogP contribution in [0.5, 0.6) is 0 Å². The molecule has 1 saturated carbocycles. The third kappa shape index (κ3) is 3.58. The van der Waals surface area contributed by atoms with Gasteiger partial charge in [-0.25, -0.2) is 0 Å². The molecule has 0 bridgehead atoms. The Bertz CT molecular complexity index is 172. The molecule has 0 aliphatic heterocycles. The van der Waals surface area contributed by atoms with Gasteiger partial charge < -0.3 is 11.5 Å². The summed E-state index contributed by atoms with van der Waals surface area (Å²) in [6, 6.07) is 0.645. The summed E-state index contributed by atoms with van der Waals surface area (Å²) in [5.74, 6) is 0.558. The van der Waals surface area contributed by atoms with E-state index in [4.69, 9.17) is 11.5 Å². The zero-order valence-electron chi connectivity index (χ0n) is 9.92. The van der Waals surface area contributed by atoms with Gasteiger partial charge in [-0.15, -0.1) is 0 Å². The summed E-state index contributed by atoms with van der Waals surface area (Å²) >= 11 is 0. The van der Waals surface area contributed by atoms with Crippen molar-refractivity contribution in [1.82, 2.24) is 0 Å². The minimum absolute atomic E-state index is 0.297. The smallest absolute Gasteiger partial charge is 0.00869 e. The molecule has 2 heteroatoms. The Kier molecular flexibility index (Phi) is 3.96. The first-order valence-corrected chi connectivity index (χ1v) is 5.91. The fourth-order valence-electron chi connectivity index (χ4n) is 2.58. The first-order chi connectivity index (χ1) is 6.40. The summed E-state index contributed by atoms with van der Waals surface area (Å²) < 4.78 is 0. The summed E-state index contributed by atoms with van der Waals surface area (Å²) in [6.07, 6.45) is 6.10. The van der Waals surface area contributed by atoms with Crippen LogP contribution in [0, 0.1) is 11.3 Å². The van der Waals surface area contributed by atoms with Crippen LogP contribution in [0.3, 0.4) is 0 Å². The van der Waals surface area contributed by atoms with Crippen LogP contribution >= 0.6 is 0 Å². The summed E-state index contributed by atoms with van der Waals surface area (Å²) in [5.41, 5.74) is 12.7. The molecule has 1 aliphatic rings. The van der Waals surface area contributed by atoms with Crippen LogP contribution in [-0.2, 0) is 0 Å². The highest BCUT2D eigenvalue weighted by molar-refractivity contribution is 4.87. The maximum Gasteiger partial charge on any atom is 0.00869 e. The highest BCUT2D eigenvalue weighted by Gasteiger charge is 2.29. The number of hydrogen-bond acceptors (Lipinski definition) is 2. The zero-order chi connectivity index (χ0) is 10.8. The van der Waals surface area contributed by atoms with E-state index in [1.165, 1.54) is 25.7 Å². The Morgan fingerprint density at radius 1 is 1.21 bits per heavy atom. The van der Waals surface area contributed by atoms with E-state index in [2.05, 4.69) is 20.8 Å². The van der Waals surface area contributed by atoms with Gasteiger partial charge in [0, 0.05) is 12.1 Å². The molecule has 0 spiro atoms. The highest BCUT2D eigenvalue weighted by atomic mass is 14.7. The third-order valence-corrected chi connectivity index (χ3v) is 3.27. The SMILES string of the molecule is CC(C)(C)CC(N)C1CCCCC1N. The van der Waals surface area contributed by atoms with Gasteiger partial charge >= 0.3 is 0 Å². The normalized spacial score (nSPS) is 31.5. The van der Waals surface area contributed by atoms with Crippen LogP contribution in [0.1, 0.15) is 52.9 Å². The molecule has 3 unspecified atom stereocenters. The lowest BCUT2D eigenvalue weighted by atomic mass is 9.75. The van der Waals surface area contributed by atoms with Crippen molar-refractivity contribution in [3.63, 3.8) is 0 Å². The number of hydrogen-bond donors (Lipinski definition) is 2. The maximum absolute atomic E-state index is 6.24. The van der Waals surface area contributed by atoms with Crippen LogP contribution < -0.4 is 11.5 Å². The Hall–Kier alpha value is -0.0800. The molecule has 0 aromatic heterocycles. The molecule has 0 saturated heterocycles. The van der Waals surface area contributed by atoms with Crippen molar-refractivity contribution in [2.24, 2.45) is 22.8 Å². The monoisotopic (exact) mass is 198 g/mol. The van der Waals surface area contributed by atoms with Crippen molar-refractivity contribution in [1.29, 1.82) is 0 Å². The van der Waals surface area contributed by atoms with Gasteiger partial charge in [0.2, 0.25) is 0 Å². The number of rotatable bonds is 2. The quantitative estimate of drug-likeness (QED) is 0.715. The van der Waals surface area contributed by atoms with Gasteiger partial charge in [0.05, 0.1) is 0 Å². The fourth-order valence-corrected chi connectivity index (χ4v) is 2.58. The van der Waals surface area contributed by atoms with Crippen molar-refractivity contribution in [3.8, 4) is 0 Å². The van der Waals surface area contributed by atoms with Crippen LogP contribution in [-0.4, -0.2) is 12.1 Å². The maximum atomic E-state index is 6.24. The Morgan fingerprint density at radius 3 is 2.29 bits per heavy atom. The molecule has 1 fully saturated rings. The second-order valence-electron chi connectivity index (χ2n) is 6.04. The van der Waals surface area contributed by atoms with Gasteiger partial charge in [-0.2, -0.15) is 0 Å². The van der Waals surface area contributed by atoms with E-state index in [-0.39, 0.29) is 0 Å². The van der Waals surface area contributed by atoms with Crippen LogP contribution in [0.4, 0.5) is 0 Å². The predicted octanol–water partition coefficient (Wildman–Crippen LogP) is 2.27. The molecule has 0 aromatic rings. The minimum Gasteiger partial charge on any atom is -0.327 e. The largest absolute Gasteiger partial charge is 0.327 e. The lowest BCUT2D eigenvalue weighted by Crippen LogP contribution is -2.45. The van der Waals surface area contributed by atoms with E-state index in [9.17, 15) is 0 Å². The number of nitrogens with two attached hydrogens (primary N) is 2. The van der Waals surface area contributed by atoms with Gasteiger partial charge in [0.15, 0.2) is 0 Å². The highest BCUT2D eigenvalue weighted by Crippen LogP contribution is 2.30. The minimum atomic E-state index is 0.297. The predicted molar refractivity (Wildman–Crippen MR) is 62.0 cm³/mol. The molecule has 0 radical (unpaired) electrons. The lowest BCUT2D eigenvalue weighted by molar-refractivity contribution is 0.214. The van der Waals surface area contributed by atoms with Crippen molar-refractivity contribution in [2.75, 3.05) is 0 Å². The summed E-state index contributed by atoms with van der Waals surface area (Å²) in [7, 11) is 0. The summed E-state index contributed by atoms with van der Waals surface area (Å²) in [5, 5.41) is 0. The molecular formula is C12H26N2. The van der Waals surface area contributed by atoms with Gasteiger partial charge in [-0.05, 0) is 30.6 Å². The Morgan fingerprint density at radius 2 is 1.79 bits per heavy atom. The van der Waals surface area contributed by atoms with E-state index in [1.54, 1.807) is 0 Å². The van der Waals surface area contributed by atoms with E-state index in [0.29, 0.717) is 23.4 Å². The van der Waals surface area contributed by atoms with Crippen LogP contribution in [0.15, 0.2) is 0 Å². The lowest BCUT2D eigenvalue weighted by Gasteiger charge is -2.36. The Labute approximate surface area is 88.4 Å². The standard InChI is InChI=1S/C12H26N2/c1-12(2,3)8-11(14)9-6-4-5-7-10(9)13/h9-11H,4-8,13-14H2,1-3H3. The van der Waals surface area contributed by atoms with E-state index in [1.807, 2.05) is 0 Å². The molecule has 0 aromatic carbocycles. The Balaban J connectivity index is 2.46. The average Bonchev–Trinajstić information content (AvgIpc) is 2.01. The first kappa shape index (κ1) is 12.0. The molecule has 4 N–H and O–H groups in total. The van der Waals surface area contributed by atoms with Gasteiger partial charge in [0.1, 0.15) is 0 Å². The first-order valence-electron chi connectivity index (χ1n) is 5.91. The second-order valence-corrected chi connectivity index (χ2v) is 6.04. The average molecular weight is 198 g/mol. The summed E-state index contributed by atoms with van der Waals surface area (Å²) in [6.45, 7) is 6.75. The van der Waals surface area contributed by atoms with E-state index >= 15 is 0 Å². The van der Waals surface area contributed by atoms with E-state index < -0.39 is 0 Å². The second kappa shape index (κ2) is 4.63. The van der Waals surface area contributed by atoms with Gasteiger partial charge in [-0.3, -0.25) is 0 Å². The zero-order valence-corrected chi connectivity index (χ0v) is 9.92. The van der Waals surface area contributed by atoms with Crippen LogP contribution in [0.2, 0.25) is 0 Å². The topological polar surface area (TPSA) is 52.0 Å². The third-order valence-electron chi connectivity index (χ3n) is 3.27. The molecular weight excluding hydrogens is 172 g/mol. The molecule has 84 valence electrons. The van der Waals surface area contributed by atoms with Crippen molar-refractivity contribution >= 4 is 0 Å². The van der Waals surface area contributed by atoms with Crippen molar-refractivity contribution < 1.29 is 0 Å². The van der Waals surface area contributed by atoms with Gasteiger partial charge in [-0.1, -0.05) is 33.6 Å². The molecule has 2 nitrogen and oxygen atoms in total. The molecule has 1 aliphatic carbocycles. The molecule has 0 heterocycles. The van der Waals surface area contributed by atoms with Crippen molar-refractivity contribution in [3.05, 3.63) is 0 Å². The molecule has 1 rings (SSSR count). The molecule has 0 amide bonds. The van der Waals surface area contributed by atoms with Gasteiger partial charge in [0.25, 0.3) is 0 Å². The molecule has 14 heavy (non-hydrogen) atoms. The molecule has 3 atom stereocenters. The van der Waals surface area contributed by atoms with E-state index in [0.717, 1.165) is 6.42 Å².